The molecule has 1 atom stereocenters. The predicted molar refractivity (Wildman–Crippen MR) is 83.6 cm³/mol. The molecule has 0 spiro atoms. The largest absolute Gasteiger partial charge is 0.479 e. The molecule has 2 aromatic rings. The van der Waals surface area contributed by atoms with Gasteiger partial charge in [0, 0.05) is 12.2 Å². The first kappa shape index (κ1) is 14.6. The molecule has 2 aromatic carbocycles. The zero-order chi connectivity index (χ0) is 15.7. The van der Waals surface area contributed by atoms with Crippen LogP contribution >= 0.6 is 0 Å². The minimum atomic E-state index is -0.914. The quantitative estimate of drug-likeness (QED) is 0.939. The van der Waals surface area contributed by atoms with E-state index in [2.05, 4.69) is 0 Å². The summed E-state index contributed by atoms with van der Waals surface area (Å²) >= 11 is 0. The highest BCUT2D eigenvalue weighted by Crippen LogP contribution is 2.34. The average Bonchev–Trinajstić information content (AvgIpc) is 2.51. The second kappa shape index (κ2) is 5.79. The van der Waals surface area contributed by atoms with Crippen molar-refractivity contribution in [3.63, 3.8) is 0 Å². The molecule has 0 saturated heterocycles. The van der Waals surface area contributed by atoms with Crippen LogP contribution in [0.4, 0.5) is 10.1 Å². The number of benzene rings is 2. The molecule has 1 N–H and O–H groups in total. The van der Waals surface area contributed by atoms with Gasteiger partial charge in [0.15, 0.2) is 6.04 Å². The number of fused-ring (bicyclic) bond motifs is 1. The molecule has 3 rings (SSSR count). The number of rotatable bonds is 3. The summed E-state index contributed by atoms with van der Waals surface area (Å²) < 4.78 is 13.5. The van der Waals surface area contributed by atoms with E-state index < -0.39 is 12.0 Å². The van der Waals surface area contributed by atoms with Gasteiger partial charge in [-0.05, 0) is 48.6 Å². The fraction of sp³-hybridized carbons (Fsp3) is 0.278. The minimum Gasteiger partial charge on any atom is -0.479 e. The third-order valence-electron chi connectivity index (χ3n) is 4.19. The highest BCUT2D eigenvalue weighted by molar-refractivity contribution is 5.81. The van der Waals surface area contributed by atoms with Crippen molar-refractivity contribution in [2.24, 2.45) is 0 Å². The van der Waals surface area contributed by atoms with Crippen LogP contribution in [-0.2, 0) is 11.2 Å². The van der Waals surface area contributed by atoms with Gasteiger partial charge < -0.3 is 10.0 Å². The molecule has 114 valence electrons. The summed E-state index contributed by atoms with van der Waals surface area (Å²) in [5.41, 5.74) is 3.21. The number of aliphatic carboxylic acids is 1. The number of aryl methyl sites for hydroxylation is 2. The smallest absolute Gasteiger partial charge is 0.331 e. The van der Waals surface area contributed by atoms with Gasteiger partial charge in [-0.3, -0.25) is 0 Å². The van der Waals surface area contributed by atoms with Crippen LogP contribution in [0, 0.1) is 12.7 Å². The molecule has 0 aromatic heterocycles. The Kier molecular flexibility index (Phi) is 3.84. The Bertz CT molecular complexity index is 714. The molecule has 4 heteroatoms. The van der Waals surface area contributed by atoms with Gasteiger partial charge in [-0.25, -0.2) is 9.18 Å². The molecule has 0 bridgehead atoms. The summed E-state index contributed by atoms with van der Waals surface area (Å²) in [6, 6.07) is 11.6. The second-order valence-electron chi connectivity index (χ2n) is 5.68. The van der Waals surface area contributed by atoms with Gasteiger partial charge in [0.2, 0.25) is 0 Å². The summed E-state index contributed by atoms with van der Waals surface area (Å²) in [6.45, 7) is 2.34. The Morgan fingerprint density at radius 3 is 2.77 bits per heavy atom. The lowest BCUT2D eigenvalue weighted by Gasteiger charge is -2.36. The third kappa shape index (κ3) is 2.56. The number of carbonyl (C=O) groups is 1. The van der Waals surface area contributed by atoms with Crippen LogP contribution in [0.1, 0.15) is 29.2 Å². The van der Waals surface area contributed by atoms with Crippen LogP contribution in [-0.4, -0.2) is 17.6 Å². The fourth-order valence-electron chi connectivity index (χ4n) is 3.12. The number of carboxylic acids is 1. The predicted octanol–water partition coefficient (Wildman–Crippen LogP) is 3.71. The number of hydrogen-bond donors (Lipinski definition) is 1. The van der Waals surface area contributed by atoms with E-state index in [1.165, 1.54) is 11.6 Å². The van der Waals surface area contributed by atoms with E-state index in [0.717, 1.165) is 18.5 Å². The van der Waals surface area contributed by atoms with Crippen molar-refractivity contribution in [2.75, 3.05) is 11.4 Å². The van der Waals surface area contributed by atoms with Crippen molar-refractivity contribution in [1.29, 1.82) is 0 Å². The first-order valence-electron chi connectivity index (χ1n) is 7.41. The molecule has 0 saturated carbocycles. The fourth-order valence-corrected chi connectivity index (χ4v) is 3.12. The van der Waals surface area contributed by atoms with E-state index in [4.69, 9.17) is 0 Å². The van der Waals surface area contributed by atoms with Gasteiger partial charge in [0.25, 0.3) is 0 Å². The summed E-state index contributed by atoms with van der Waals surface area (Å²) in [5, 5.41) is 9.73. The van der Waals surface area contributed by atoms with Crippen LogP contribution < -0.4 is 4.90 Å². The lowest BCUT2D eigenvalue weighted by Crippen LogP contribution is -2.37. The van der Waals surface area contributed by atoms with Crippen molar-refractivity contribution in [3.05, 3.63) is 65.0 Å². The lowest BCUT2D eigenvalue weighted by atomic mass is 9.96. The average molecular weight is 299 g/mol. The van der Waals surface area contributed by atoms with Gasteiger partial charge >= 0.3 is 5.97 Å². The molecule has 0 radical (unpaired) electrons. The maximum atomic E-state index is 13.5. The van der Waals surface area contributed by atoms with Gasteiger partial charge in [-0.1, -0.05) is 30.3 Å². The molecule has 3 nitrogen and oxygen atoms in total. The van der Waals surface area contributed by atoms with Gasteiger partial charge in [0.1, 0.15) is 5.82 Å². The third-order valence-corrected chi connectivity index (χ3v) is 4.19. The zero-order valence-electron chi connectivity index (χ0n) is 12.4. The molecule has 1 unspecified atom stereocenters. The molecule has 1 aliphatic rings. The maximum absolute atomic E-state index is 13.5. The number of halogens is 1. The first-order chi connectivity index (χ1) is 10.6. The topological polar surface area (TPSA) is 40.5 Å². The lowest BCUT2D eigenvalue weighted by molar-refractivity contribution is -0.138. The van der Waals surface area contributed by atoms with Gasteiger partial charge in [0.05, 0.1) is 0 Å². The van der Waals surface area contributed by atoms with Crippen molar-refractivity contribution >= 4 is 11.7 Å². The van der Waals surface area contributed by atoms with Gasteiger partial charge in [-0.15, -0.1) is 0 Å². The number of hydrogen-bond acceptors (Lipinski definition) is 2. The standard InChI is InChI=1S/C18H18FNO2/c1-12-11-14(8-9-15(12)19)17(18(21)22)20-10-4-6-13-5-2-3-7-16(13)20/h2-3,5,7-9,11,17H,4,6,10H2,1H3,(H,21,22). The van der Waals surface area contributed by atoms with E-state index >= 15 is 0 Å². The van der Waals surface area contributed by atoms with Crippen molar-refractivity contribution in [2.45, 2.75) is 25.8 Å². The number of anilines is 1. The summed E-state index contributed by atoms with van der Waals surface area (Å²) in [7, 11) is 0. The Morgan fingerprint density at radius 1 is 1.27 bits per heavy atom. The monoisotopic (exact) mass is 299 g/mol. The summed E-state index contributed by atoms with van der Waals surface area (Å²) in [5.74, 6) is -1.23. The molecule has 1 aliphatic heterocycles. The second-order valence-corrected chi connectivity index (χ2v) is 5.68. The molecular weight excluding hydrogens is 281 g/mol. The van der Waals surface area contributed by atoms with E-state index in [1.807, 2.05) is 29.2 Å². The molecule has 0 amide bonds. The first-order valence-corrected chi connectivity index (χ1v) is 7.41. The molecular formula is C18H18FNO2. The van der Waals surface area contributed by atoms with E-state index in [9.17, 15) is 14.3 Å². The Morgan fingerprint density at radius 2 is 2.05 bits per heavy atom. The van der Waals surface area contributed by atoms with Crippen molar-refractivity contribution < 1.29 is 14.3 Å². The number of para-hydroxylation sites is 1. The summed E-state index contributed by atoms with van der Waals surface area (Å²) in [4.78, 5) is 13.8. The summed E-state index contributed by atoms with van der Waals surface area (Å²) in [6.07, 6.45) is 1.88. The maximum Gasteiger partial charge on any atom is 0.331 e. The Hall–Kier alpha value is -2.36. The Balaban J connectivity index is 2.06. The van der Waals surface area contributed by atoms with Crippen LogP contribution in [0.2, 0.25) is 0 Å². The van der Waals surface area contributed by atoms with Crippen LogP contribution in [0.15, 0.2) is 42.5 Å². The van der Waals surface area contributed by atoms with Gasteiger partial charge in [-0.2, -0.15) is 0 Å². The normalized spacial score (nSPS) is 15.3. The van der Waals surface area contributed by atoms with E-state index in [1.54, 1.807) is 19.1 Å². The molecule has 0 fully saturated rings. The highest BCUT2D eigenvalue weighted by atomic mass is 19.1. The van der Waals surface area contributed by atoms with Crippen LogP contribution in [0.25, 0.3) is 0 Å². The van der Waals surface area contributed by atoms with Crippen molar-refractivity contribution in [1.82, 2.24) is 0 Å². The van der Waals surface area contributed by atoms with E-state index in [0.29, 0.717) is 17.7 Å². The highest BCUT2D eigenvalue weighted by Gasteiger charge is 2.30. The SMILES string of the molecule is Cc1cc(C(C(=O)O)N2CCCc3ccccc32)ccc1F. The molecule has 0 aliphatic carbocycles. The Labute approximate surface area is 129 Å². The molecule has 22 heavy (non-hydrogen) atoms. The van der Waals surface area contributed by atoms with Crippen LogP contribution in [0.5, 0.6) is 0 Å². The minimum absolute atomic E-state index is 0.313. The molecule has 1 heterocycles. The van der Waals surface area contributed by atoms with Crippen molar-refractivity contribution in [3.8, 4) is 0 Å². The number of carboxylic acid groups (broad SMARTS) is 1. The zero-order valence-corrected chi connectivity index (χ0v) is 12.4. The van der Waals surface area contributed by atoms with E-state index in [-0.39, 0.29) is 5.82 Å². The van der Waals surface area contributed by atoms with Crippen LogP contribution in [0.3, 0.4) is 0 Å². The number of nitrogens with zero attached hydrogens (tertiary/aromatic N) is 1.